The Morgan fingerprint density at radius 3 is 1.05 bits per heavy atom. The summed E-state index contributed by atoms with van der Waals surface area (Å²) in [4.78, 5) is 40.1. The van der Waals surface area contributed by atoms with Crippen LogP contribution >= 0.6 is 0 Å². The first-order valence-corrected chi connectivity index (χ1v) is 38.5. The summed E-state index contributed by atoms with van der Waals surface area (Å²) < 4.78 is 33.6. The van der Waals surface area contributed by atoms with E-state index in [4.69, 9.17) is 37.9 Å². The Balaban J connectivity index is 0.000000117. The molecule has 0 saturated carbocycles. The molecule has 17 nitrogen and oxygen atoms in total. The van der Waals surface area contributed by atoms with E-state index in [0.29, 0.717) is 57.1 Å². The third-order valence-corrected chi connectivity index (χ3v) is 21.9. The minimum atomic E-state index is 0.383. The summed E-state index contributed by atoms with van der Waals surface area (Å²) in [5.74, 6) is 3.88. The van der Waals surface area contributed by atoms with Crippen LogP contribution in [0.5, 0.6) is 11.5 Å². The standard InChI is InChI=1S/C52H31N7O.C24H15N3O2.C24H15N3O/c1-7-19-43-34(13-1)35-14-2-8-20-44(35)57(43)32-25-27-41(53-30-32)40-29-49(59-47-23-11-5-17-38(47)39-18-6-12-24-48(39)59)55-51-50(40)60-52(56-51)42-28-26-33(31-54-42)58-45-21-9-3-15-36(45)37-16-4-10-22-46(37)58;1-3-11-20-18(9-1)27(19-10-2-4-12-21(19)28-20)17-8-5-7-16(15-17)24-26-23-22(29-24)13-6-14-25-23;1-3-11-20-18(9-1)19-10-2-4-12-21(19)27(20)17-8-5-7-16(15-17)24-26-23-22(28-24)13-6-14-25-23/h1-31H;1-15H;1-15H. The number of ether oxygens (including phenoxy) is 1. The molecule has 1 aliphatic heterocycles. The maximum Gasteiger partial charge on any atom is 0.247 e. The Bertz CT molecular complexity index is 7720. The number of hydrogen-bond donors (Lipinski definition) is 0. The summed E-state index contributed by atoms with van der Waals surface area (Å²) >= 11 is 0. The van der Waals surface area contributed by atoms with Gasteiger partial charge >= 0.3 is 0 Å². The molecule has 25 rings (SSSR count). The van der Waals surface area contributed by atoms with E-state index < -0.39 is 0 Å². The molecule has 0 bridgehead atoms. The third-order valence-electron chi connectivity index (χ3n) is 21.9. The van der Waals surface area contributed by atoms with Gasteiger partial charge in [0, 0.05) is 78.0 Å². The number of para-hydroxylation sites is 12. The fourth-order valence-electron chi connectivity index (χ4n) is 16.7. The molecule has 12 aromatic carbocycles. The van der Waals surface area contributed by atoms with Crippen LogP contribution in [0.15, 0.2) is 384 Å². The fourth-order valence-corrected chi connectivity index (χ4v) is 16.7. The van der Waals surface area contributed by atoms with Crippen molar-refractivity contribution >= 4 is 138 Å². The third kappa shape index (κ3) is 11.2. The molecule has 0 fully saturated rings. The van der Waals surface area contributed by atoms with E-state index in [1.165, 1.54) is 43.4 Å². The molecule has 12 aromatic heterocycles. The van der Waals surface area contributed by atoms with E-state index in [0.717, 1.165) is 118 Å². The van der Waals surface area contributed by atoms with Crippen LogP contribution in [0.2, 0.25) is 0 Å². The van der Waals surface area contributed by atoms with Crippen molar-refractivity contribution in [1.82, 2.24) is 58.1 Å². The lowest BCUT2D eigenvalue weighted by molar-refractivity contribution is 0.477. The average molecular weight is 1510 g/mol. The summed E-state index contributed by atoms with van der Waals surface area (Å²) in [6.07, 6.45) is 7.26. The van der Waals surface area contributed by atoms with Gasteiger partial charge in [-0.05, 0) is 164 Å². The highest BCUT2D eigenvalue weighted by Gasteiger charge is 2.28. The van der Waals surface area contributed by atoms with Crippen molar-refractivity contribution in [2.24, 2.45) is 0 Å². The highest BCUT2D eigenvalue weighted by molar-refractivity contribution is 6.13. The number of anilines is 3. The SMILES string of the molecule is c1cc(-c2nc3ncccc3o2)cc(-n2c3ccccc3c3ccccc32)c1.c1cc(-c2nc3ncccc3o2)cc(N2c3ccccc3Oc3ccccc32)c1.c1ccc2c(c1)c1ccccc1n2-c1ccc(-c2nc3nc(-n4c5ccccc5c5ccccc54)cc(-c4ccc(-n5c6ccccc6c6ccccc65)cn4)c3o2)nc1. The number of benzene rings is 12. The predicted octanol–water partition coefficient (Wildman–Crippen LogP) is 25.1. The van der Waals surface area contributed by atoms with Crippen LogP contribution in [0, 0.1) is 0 Å². The Labute approximate surface area is 665 Å². The summed E-state index contributed by atoms with van der Waals surface area (Å²) in [6.45, 7) is 0. The van der Waals surface area contributed by atoms with Gasteiger partial charge in [-0.25, -0.2) is 19.9 Å². The minimum absolute atomic E-state index is 0.383. The number of nitrogens with zero attached hydrogens (tertiary/aromatic N) is 13. The normalized spacial score (nSPS) is 12.0. The second kappa shape index (κ2) is 27.2. The maximum atomic E-state index is 6.68. The molecule has 0 radical (unpaired) electrons. The molecular formula is C100H61N13O4. The van der Waals surface area contributed by atoms with Gasteiger partial charge in [-0.2, -0.15) is 15.0 Å². The van der Waals surface area contributed by atoms with Gasteiger partial charge in [0.1, 0.15) is 11.5 Å². The number of pyridine rings is 5. The number of rotatable bonds is 9. The van der Waals surface area contributed by atoms with Gasteiger partial charge in [-0.3, -0.25) is 9.55 Å². The molecule has 0 spiro atoms. The van der Waals surface area contributed by atoms with Crippen molar-refractivity contribution in [2.75, 3.05) is 4.90 Å². The Morgan fingerprint density at radius 1 is 0.248 bits per heavy atom. The molecule has 0 amide bonds. The Morgan fingerprint density at radius 2 is 0.624 bits per heavy atom. The Hall–Kier alpha value is -16.4. The summed E-state index contributed by atoms with van der Waals surface area (Å²) in [5, 5.41) is 9.60. The van der Waals surface area contributed by atoms with Crippen molar-refractivity contribution in [3.63, 3.8) is 0 Å². The molecule has 1 aliphatic rings. The lowest BCUT2D eigenvalue weighted by Gasteiger charge is -2.32. The van der Waals surface area contributed by atoms with Crippen LogP contribution in [0.1, 0.15) is 0 Å². The number of oxazole rings is 3. The summed E-state index contributed by atoms with van der Waals surface area (Å²) in [5.41, 5.74) is 22.5. The first-order valence-electron chi connectivity index (χ1n) is 38.5. The largest absolute Gasteiger partial charge is 0.453 e. The molecule has 0 unspecified atom stereocenters. The smallest absolute Gasteiger partial charge is 0.247 e. The zero-order chi connectivity index (χ0) is 77.0. The second-order valence-corrected chi connectivity index (χ2v) is 28.6. The monoisotopic (exact) mass is 1510 g/mol. The molecule has 13 heterocycles. The quantitative estimate of drug-likeness (QED) is 0.134. The van der Waals surface area contributed by atoms with Crippen LogP contribution in [-0.4, -0.2) is 58.1 Å². The lowest BCUT2D eigenvalue weighted by Crippen LogP contribution is -2.15. The maximum absolute atomic E-state index is 6.68. The molecule has 117 heavy (non-hydrogen) atoms. The average Bonchev–Trinajstić information content (AvgIpc) is 1.50. The highest BCUT2D eigenvalue weighted by Crippen LogP contribution is 2.51. The molecule has 0 N–H and O–H groups in total. The molecule has 17 heteroatoms. The van der Waals surface area contributed by atoms with Crippen LogP contribution in [0.4, 0.5) is 17.1 Å². The van der Waals surface area contributed by atoms with E-state index in [-0.39, 0.29) is 0 Å². The van der Waals surface area contributed by atoms with Gasteiger partial charge in [0.15, 0.2) is 39.5 Å². The van der Waals surface area contributed by atoms with Gasteiger partial charge in [0.25, 0.3) is 0 Å². The van der Waals surface area contributed by atoms with Crippen molar-refractivity contribution in [1.29, 1.82) is 0 Å². The zero-order valence-corrected chi connectivity index (χ0v) is 62.2. The van der Waals surface area contributed by atoms with Crippen LogP contribution in [0.3, 0.4) is 0 Å². The van der Waals surface area contributed by atoms with E-state index in [9.17, 15) is 0 Å². The van der Waals surface area contributed by atoms with Gasteiger partial charge in [-0.15, -0.1) is 0 Å². The van der Waals surface area contributed by atoms with E-state index in [1.807, 2.05) is 103 Å². The number of hydrogen-bond acceptors (Lipinski definition) is 13. The highest BCUT2D eigenvalue weighted by atomic mass is 16.5. The van der Waals surface area contributed by atoms with Crippen molar-refractivity contribution in [3.05, 3.63) is 371 Å². The summed E-state index contributed by atoms with van der Waals surface area (Å²) in [6, 6.07) is 118. The van der Waals surface area contributed by atoms with Crippen molar-refractivity contribution in [2.45, 2.75) is 0 Å². The molecule has 24 aromatic rings. The second-order valence-electron chi connectivity index (χ2n) is 28.6. The molecule has 0 atom stereocenters. The van der Waals surface area contributed by atoms with Gasteiger partial charge in [-0.1, -0.05) is 182 Å². The number of aromatic nitrogens is 12. The van der Waals surface area contributed by atoms with Gasteiger partial charge in [0.2, 0.25) is 23.3 Å². The van der Waals surface area contributed by atoms with Crippen LogP contribution in [-0.2, 0) is 0 Å². The van der Waals surface area contributed by atoms with Crippen LogP contribution in [0.25, 0.3) is 190 Å². The lowest BCUT2D eigenvalue weighted by atomic mass is 10.1. The molecule has 550 valence electrons. The van der Waals surface area contributed by atoms with Gasteiger partial charge < -0.3 is 36.6 Å². The fraction of sp³-hybridized carbons (Fsp3) is 0. The van der Waals surface area contributed by atoms with E-state index in [1.54, 1.807) is 12.4 Å². The van der Waals surface area contributed by atoms with E-state index in [2.05, 4.69) is 298 Å². The first-order chi connectivity index (χ1) is 58.0. The predicted molar refractivity (Wildman–Crippen MR) is 465 cm³/mol. The van der Waals surface area contributed by atoms with Crippen molar-refractivity contribution in [3.8, 4) is 80.1 Å². The molecular weight excluding hydrogens is 1450 g/mol. The van der Waals surface area contributed by atoms with E-state index >= 15 is 0 Å². The molecule has 0 aliphatic carbocycles. The Kier molecular flexibility index (Phi) is 15.4. The topological polar surface area (TPSA) is 175 Å². The molecule has 0 saturated heterocycles. The number of fused-ring (bicyclic) bond motifs is 17. The van der Waals surface area contributed by atoms with Gasteiger partial charge in [0.05, 0.1) is 90.5 Å². The van der Waals surface area contributed by atoms with Crippen LogP contribution < -0.4 is 9.64 Å². The first kappa shape index (κ1) is 66.4. The minimum Gasteiger partial charge on any atom is -0.453 e. The summed E-state index contributed by atoms with van der Waals surface area (Å²) in [7, 11) is 0. The zero-order valence-electron chi connectivity index (χ0n) is 62.2. The van der Waals surface area contributed by atoms with Crippen molar-refractivity contribution < 1.29 is 18.0 Å².